The maximum absolute atomic E-state index is 11.6. The van der Waals surface area contributed by atoms with Crippen molar-refractivity contribution < 1.29 is 4.79 Å². The van der Waals surface area contributed by atoms with Crippen molar-refractivity contribution in [2.75, 3.05) is 13.1 Å². The summed E-state index contributed by atoms with van der Waals surface area (Å²) in [5.74, 6) is 4.17. The van der Waals surface area contributed by atoms with E-state index in [-0.39, 0.29) is 11.9 Å². The summed E-state index contributed by atoms with van der Waals surface area (Å²) in [6, 6.07) is -0.191. The largest absolute Gasteiger partial charge is 0.344 e. The molecule has 0 saturated heterocycles. The third-order valence-corrected chi connectivity index (χ3v) is 3.13. The first-order chi connectivity index (χ1) is 7.90. The molecule has 2 N–H and O–H groups in total. The van der Waals surface area contributed by atoms with Gasteiger partial charge in [-0.2, -0.15) is 0 Å². The van der Waals surface area contributed by atoms with Gasteiger partial charge in [0.15, 0.2) is 0 Å². The van der Waals surface area contributed by atoms with Gasteiger partial charge in [-0.3, -0.25) is 4.79 Å². The fourth-order valence-electron chi connectivity index (χ4n) is 1.94. The Morgan fingerprint density at radius 2 is 1.71 bits per heavy atom. The van der Waals surface area contributed by atoms with Crippen molar-refractivity contribution in [3.8, 4) is 12.3 Å². The van der Waals surface area contributed by atoms with Crippen molar-refractivity contribution in [3.05, 3.63) is 0 Å². The molecule has 1 unspecified atom stereocenters. The van der Waals surface area contributed by atoms with E-state index in [0.29, 0.717) is 24.3 Å². The minimum atomic E-state index is -0.191. The number of carbonyl (C=O) groups is 1. The molecule has 1 atom stereocenters. The van der Waals surface area contributed by atoms with Crippen LogP contribution < -0.4 is 10.6 Å². The number of hydrogen-bond donors (Lipinski definition) is 2. The van der Waals surface area contributed by atoms with Crippen LogP contribution in [0.4, 0.5) is 0 Å². The first-order valence-electron chi connectivity index (χ1n) is 6.34. The van der Waals surface area contributed by atoms with E-state index in [1.165, 1.54) is 0 Å². The molecule has 0 aromatic rings. The Balaban J connectivity index is 4.08. The predicted molar refractivity (Wildman–Crippen MR) is 72.5 cm³/mol. The molecule has 0 heterocycles. The van der Waals surface area contributed by atoms with Gasteiger partial charge in [-0.05, 0) is 31.2 Å². The van der Waals surface area contributed by atoms with Gasteiger partial charge in [0.2, 0.25) is 5.91 Å². The molecule has 0 spiro atoms. The van der Waals surface area contributed by atoms with Crippen molar-refractivity contribution in [3.63, 3.8) is 0 Å². The molecule has 0 rings (SSSR count). The summed E-state index contributed by atoms with van der Waals surface area (Å²) in [5, 5.41) is 5.95. The smallest absolute Gasteiger partial charge is 0.237 e. The van der Waals surface area contributed by atoms with Crippen LogP contribution in [0, 0.1) is 30.1 Å². The minimum Gasteiger partial charge on any atom is -0.344 e. The van der Waals surface area contributed by atoms with E-state index in [2.05, 4.69) is 44.2 Å². The molecule has 0 aliphatic carbocycles. The van der Waals surface area contributed by atoms with Crippen LogP contribution in [0.1, 0.15) is 34.6 Å². The van der Waals surface area contributed by atoms with Gasteiger partial charge in [0.25, 0.3) is 0 Å². The number of carbonyl (C=O) groups excluding carboxylic acids is 1. The summed E-state index contributed by atoms with van der Waals surface area (Å²) < 4.78 is 0. The topological polar surface area (TPSA) is 41.1 Å². The van der Waals surface area contributed by atoms with Crippen LogP contribution in [-0.2, 0) is 4.79 Å². The van der Waals surface area contributed by atoms with E-state index in [9.17, 15) is 4.79 Å². The monoisotopic (exact) mass is 238 g/mol. The highest BCUT2D eigenvalue weighted by Gasteiger charge is 2.19. The van der Waals surface area contributed by atoms with Crippen molar-refractivity contribution >= 4 is 5.91 Å². The molecule has 3 nitrogen and oxygen atoms in total. The van der Waals surface area contributed by atoms with Gasteiger partial charge in [0.1, 0.15) is 0 Å². The van der Waals surface area contributed by atoms with Gasteiger partial charge in [-0.15, -0.1) is 6.42 Å². The SMILES string of the molecule is C#CCNC(=O)C(C)NCC(C(C)C)C(C)C. The fourth-order valence-corrected chi connectivity index (χ4v) is 1.94. The average molecular weight is 238 g/mol. The summed E-state index contributed by atoms with van der Waals surface area (Å²) in [7, 11) is 0. The zero-order valence-electron chi connectivity index (χ0n) is 11.7. The van der Waals surface area contributed by atoms with Crippen LogP contribution in [0.5, 0.6) is 0 Å². The molecule has 0 aromatic carbocycles. The lowest BCUT2D eigenvalue weighted by Crippen LogP contribution is -2.45. The molecular formula is C14H26N2O. The van der Waals surface area contributed by atoms with E-state index in [1.807, 2.05) is 6.92 Å². The molecule has 1 amide bonds. The summed E-state index contributed by atoms with van der Waals surface area (Å²) >= 11 is 0. The maximum atomic E-state index is 11.6. The Morgan fingerprint density at radius 1 is 1.18 bits per heavy atom. The highest BCUT2D eigenvalue weighted by Crippen LogP contribution is 2.19. The Morgan fingerprint density at radius 3 is 2.12 bits per heavy atom. The standard InChI is InChI=1S/C14H26N2O/c1-7-8-15-14(17)12(6)16-9-13(10(2)3)11(4)5/h1,10-13,16H,8-9H2,2-6H3,(H,15,17). The van der Waals surface area contributed by atoms with E-state index in [1.54, 1.807) is 0 Å². The molecule has 17 heavy (non-hydrogen) atoms. The quantitative estimate of drug-likeness (QED) is 0.662. The molecule has 98 valence electrons. The second-order valence-electron chi connectivity index (χ2n) is 5.20. The number of terminal acetylenes is 1. The molecular weight excluding hydrogens is 212 g/mol. The Hall–Kier alpha value is -1.01. The minimum absolute atomic E-state index is 0.0331. The Labute approximate surface area is 106 Å². The van der Waals surface area contributed by atoms with Crippen LogP contribution in [0.2, 0.25) is 0 Å². The van der Waals surface area contributed by atoms with Crippen LogP contribution in [0.3, 0.4) is 0 Å². The van der Waals surface area contributed by atoms with Crippen molar-refractivity contribution in [2.45, 2.75) is 40.7 Å². The number of hydrogen-bond acceptors (Lipinski definition) is 2. The normalized spacial score (nSPS) is 12.9. The Bertz CT molecular complexity index is 258. The van der Waals surface area contributed by atoms with Gasteiger partial charge in [-0.25, -0.2) is 0 Å². The zero-order chi connectivity index (χ0) is 13.4. The third kappa shape index (κ3) is 6.33. The lowest BCUT2D eigenvalue weighted by Gasteiger charge is -2.26. The first-order valence-corrected chi connectivity index (χ1v) is 6.34. The number of amides is 1. The summed E-state index contributed by atoms with van der Waals surface area (Å²) in [6.45, 7) is 11.9. The van der Waals surface area contributed by atoms with E-state index in [4.69, 9.17) is 6.42 Å². The number of nitrogens with one attached hydrogen (secondary N) is 2. The van der Waals surface area contributed by atoms with Gasteiger partial charge < -0.3 is 10.6 Å². The molecule has 0 fully saturated rings. The summed E-state index contributed by atoms with van der Waals surface area (Å²) in [6.07, 6.45) is 5.09. The number of rotatable bonds is 7. The molecule has 0 radical (unpaired) electrons. The average Bonchev–Trinajstić information content (AvgIpc) is 2.24. The molecule has 3 heteroatoms. The van der Waals surface area contributed by atoms with E-state index < -0.39 is 0 Å². The molecule has 0 bridgehead atoms. The van der Waals surface area contributed by atoms with Crippen molar-refractivity contribution in [1.82, 2.24) is 10.6 Å². The van der Waals surface area contributed by atoms with E-state index in [0.717, 1.165) is 6.54 Å². The fraction of sp³-hybridized carbons (Fsp3) is 0.786. The van der Waals surface area contributed by atoms with Crippen LogP contribution >= 0.6 is 0 Å². The molecule has 0 aliphatic heterocycles. The lowest BCUT2D eigenvalue weighted by molar-refractivity contribution is -0.122. The third-order valence-electron chi connectivity index (χ3n) is 3.13. The van der Waals surface area contributed by atoms with Gasteiger partial charge >= 0.3 is 0 Å². The highest BCUT2D eigenvalue weighted by molar-refractivity contribution is 5.81. The van der Waals surface area contributed by atoms with Crippen molar-refractivity contribution in [1.29, 1.82) is 0 Å². The maximum Gasteiger partial charge on any atom is 0.237 e. The second kappa shape index (κ2) is 8.14. The second-order valence-corrected chi connectivity index (χ2v) is 5.20. The Kier molecular flexibility index (Phi) is 7.65. The zero-order valence-corrected chi connectivity index (χ0v) is 11.7. The van der Waals surface area contributed by atoms with Gasteiger partial charge in [0, 0.05) is 0 Å². The molecule has 0 aliphatic rings. The predicted octanol–water partition coefficient (Wildman–Crippen LogP) is 1.64. The van der Waals surface area contributed by atoms with E-state index >= 15 is 0 Å². The summed E-state index contributed by atoms with van der Waals surface area (Å²) in [4.78, 5) is 11.6. The van der Waals surface area contributed by atoms with Crippen LogP contribution in [0.25, 0.3) is 0 Å². The molecule has 0 saturated carbocycles. The van der Waals surface area contributed by atoms with Crippen LogP contribution in [-0.4, -0.2) is 25.0 Å². The summed E-state index contributed by atoms with van der Waals surface area (Å²) in [5.41, 5.74) is 0. The molecule has 0 aromatic heterocycles. The van der Waals surface area contributed by atoms with Gasteiger partial charge in [-0.1, -0.05) is 33.6 Å². The first kappa shape index (κ1) is 16.0. The van der Waals surface area contributed by atoms with Crippen LogP contribution in [0.15, 0.2) is 0 Å². The lowest BCUT2D eigenvalue weighted by atomic mass is 9.85. The van der Waals surface area contributed by atoms with Gasteiger partial charge in [0.05, 0.1) is 12.6 Å². The highest BCUT2D eigenvalue weighted by atomic mass is 16.2. The van der Waals surface area contributed by atoms with Crippen molar-refractivity contribution in [2.24, 2.45) is 17.8 Å².